The topological polar surface area (TPSA) is 83.9 Å². The molecule has 7 nitrogen and oxygen atoms in total. The molecule has 0 aliphatic heterocycles. The third-order valence-corrected chi connectivity index (χ3v) is 5.98. The number of phenols is 1. The van der Waals surface area contributed by atoms with Gasteiger partial charge in [0.25, 0.3) is 5.91 Å². The predicted molar refractivity (Wildman–Crippen MR) is 125 cm³/mol. The second kappa shape index (κ2) is 11.3. The lowest BCUT2D eigenvalue weighted by Crippen LogP contribution is -2.24. The molecule has 0 aliphatic carbocycles. The van der Waals surface area contributed by atoms with E-state index < -0.39 is 17.6 Å². The molecule has 184 valence electrons. The van der Waals surface area contributed by atoms with Crippen LogP contribution in [0.1, 0.15) is 21.5 Å². The molecule has 0 unspecified atom stereocenters. The molecule has 1 heterocycles. The van der Waals surface area contributed by atoms with Crippen LogP contribution in [0.3, 0.4) is 0 Å². The molecule has 0 spiro atoms. The second-order valence-electron chi connectivity index (χ2n) is 7.46. The minimum absolute atomic E-state index is 0.0671. The van der Waals surface area contributed by atoms with Crippen molar-refractivity contribution in [1.29, 1.82) is 0 Å². The van der Waals surface area contributed by atoms with Gasteiger partial charge in [-0.15, -0.1) is 0 Å². The molecule has 12 heteroatoms. The molecule has 0 saturated heterocycles. The van der Waals surface area contributed by atoms with Crippen LogP contribution >= 0.6 is 22.9 Å². The molecule has 0 fully saturated rings. The number of halogens is 4. The van der Waals surface area contributed by atoms with Gasteiger partial charge in [-0.25, -0.2) is 4.98 Å². The number of fused-ring (bicyclic) bond motifs is 1. The molecule has 2 N–H and O–H groups in total. The predicted octanol–water partition coefficient (Wildman–Crippen LogP) is 5.02. The molecule has 0 saturated carbocycles. The fourth-order valence-corrected chi connectivity index (χ4v) is 4.24. The molecule has 1 aromatic heterocycles. The van der Waals surface area contributed by atoms with Crippen LogP contribution in [0.5, 0.6) is 5.75 Å². The van der Waals surface area contributed by atoms with E-state index >= 15 is 0 Å². The summed E-state index contributed by atoms with van der Waals surface area (Å²) in [5.41, 5.74) is -0.107. The highest BCUT2D eigenvalue weighted by Crippen LogP contribution is 2.35. The third kappa shape index (κ3) is 6.80. The van der Waals surface area contributed by atoms with E-state index in [1.54, 1.807) is 13.2 Å². The first-order valence-electron chi connectivity index (χ1n) is 10.1. The number of ether oxygens (including phenoxy) is 2. The lowest BCUT2D eigenvalue weighted by Gasteiger charge is -2.18. The summed E-state index contributed by atoms with van der Waals surface area (Å²) in [5, 5.41) is 13.6. The Bertz CT molecular complexity index is 1160. The van der Waals surface area contributed by atoms with E-state index in [1.165, 1.54) is 12.1 Å². The van der Waals surface area contributed by atoms with Crippen LogP contribution in [0, 0.1) is 0 Å². The Kier molecular flexibility index (Phi) is 8.72. The van der Waals surface area contributed by atoms with Gasteiger partial charge in [0.05, 0.1) is 41.2 Å². The van der Waals surface area contributed by atoms with E-state index in [1.807, 2.05) is 11.9 Å². The Labute approximate surface area is 203 Å². The van der Waals surface area contributed by atoms with Crippen molar-refractivity contribution >= 4 is 44.2 Å². The van der Waals surface area contributed by atoms with Crippen molar-refractivity contribution < 1.29 is 32.5 Å². The molecule has 2 aromatic carbocycles. The van der Waals surface area contributed by atoms with Crippen molar-refractivity contribution in [2.45, 2.75) is 12.7 Å². The Morgan fingerprint density at radius 2 is 2.00 bits per heavy atom. The second-order valence-corrected chi connectivity index (χ2v) is 8.92. The van der Waals surface area contributed by atoms with Crippen molar-refractivity contribution in [3.05, 3.63) is 52.0 Å². The molecular weight excluding hydrogens is 495 g/mol. The Morgan fingerprint density at radius 1 is 1.24 bits per heavy atom. The lowest BCUT2D eigenvalue weighted by molar-refractivity contribution is -0.137. The summed E-state index contributed by atoms with van der Waals surface area (Å²) >= 11 is 7.07. The fourth-order valence-electron chi connectivity index (χ4n) is 3.10. The van der Waals surface area contributed by atoms with Gasteiger partial charge in [0.2, 0.25) is 0 Å². The van der Waals surface area contributed by atoms with Gasteiger partial charge >= 0.3 is 6.18 Å². The zero-order valence-corrected chi connectivity index (χ0v) is 20.0. The van der Waals surface area contributed by atoms with Gasteiger partial charge in [-0.2, -0.15) is 13.2 Å². The normalized spacial score (nSPS) is 12.0. The number of likely N-dealkylation sites (N-methyl/N-ethyl adjacent to an activating group) is 1. The van der Waals surface area contributed by atoms with Crippen LogP contribution in [-0.4, -0.2) is 61.4 Å². The van der Waals surface area contributed by atoms with Crippen molar-refractivity contribution in [3.8, 4) is 5.75 Å². The monoisotopic (exact) mass is 517 g/mol. The van der Waals surface area contributed by atoms with Crippen molar-refractivity contribution in [2.75, 3.05) is 45.8 Å². The number of carbonyl (C=O) groups excluding carboxylic acids is 1. The first-order valence-corrected chi connectivity index (χ1v) is 11.3. The highest BCUT2D eigenvalue weighted by Gasteiger charge is 2.31. The van der Waals surface area contributed by atoms with E-state index in [0.717, 1.165) is 23.5 Å². The largest absolute Gasteiger partial charge is 0.507 e. The first kappa shape index (κ1) is 26.2. The lowest BCUT2D eigenvalue weighted by atomic mass is 10.1. The number of anilines is 1. The summed E-state index contributed by atoms with van der Waals surface area (Å²) in [6.45, 7) is 2.31. The highest BCUT2D eigenvalue weighted by molar-refractivity contribution is 7.22. The number of hydrogen-bond acceptors (Lipinski definition) is 7. The van der Waals surface area contributed by atoms with Crippen LogP contribution in [0.15, 0.2) is 30.3 Å². The van der Waals surface area contributed by atoms with Gasteiger partial charge < -0.3 is 14.6 Å². The zero-order valence-electron chi connectivity index (χ0n) is 18.4. The van der Waals surface area contributed by atoms with Crippen LogP contribution in [0.25, 0.3) is 10.2 Å². The molecule has 0 aliphatic rings. The number of rotatable bonds is 10. The van der Waals surface area contributed by atoms with Gasteiger partial charge in [-0.1, -0.05) is 22.9 Å². The van der Waals surface area contributed by atoms with Gasteiger partial charge in [-0.05, 0) is 37.4 Å². The van der Waals surface area contributed by atoms with Gasteiger partial charge in [-0.3, -0.25) is 15.0 Å². The number of benzene rings is 2. The average Bonchev–Trinajstić information content (AvgIpc) is 3.16. The SMILES string of the molecule is COCCOCCN(C)Cc1cc(Cl)cc(C(=O)Nc2nc3ccc(C(F)(F)F)cc3s2)c1O. The number of carbonyl (C=O) groups is 1. The van der Waals surface area contributed by atoms with Gasteiger partial charge in [0, 0.05) is 30.8 Å². The summed E-state index contributed by atoms with van der Waals surface area (Å²) in [6, 6.07) is 6.04. The number of aromatic nitrogens is 1. The summed E-state index contributed by atoms with van der Waals surface area (Å²) in [6.07, 6.45) is -4.48. The molecule has 3 rings (SSSR count). The fraction of sp³-hybridized carbons (Fsp3) is 0.364. The maximum Gasteiger partial charge on any atom is 0.416 e. The van der Waals surface area contributed by atoms with Gasteiger partial charge in [0.15, 0.2) is 5.13 Å². The average molecular weight is 518 g/mol. The molecular formula is C22H23ClF3N3O4S. The molecule has 3 aromatic rings. The Balaban J connectivity index is 1.72. The van der Waals surface area contributed by atoms with Crippen LogP contribution in [-0.2, 0) is 22.2 Å². The molecule has 0 bridgehead atoms. The standard InChI is InChI=1S/C22H23ClF3N3O4S/c1-29(5-6-33-8-7-32-2)12-13-9-15(23)11-16(19(13)30)20(31)28-21-27-17-4-3-14(22(24,25)26)10-18(17)34-21/h3-4,9-11,30H,5-8,12H2,1-2H3,(H,27,28,31). The Hall–Kier alpha value is -2.44. The van der Waals surface area contributed by atoms with E-state index in [0.29, 0.717) is 44.0 Å². The molecule has 0 radical (unpaired) electrons. The highest BCUT2D eigenvalue weighted by atomic mass is 35.5. The van der Waals surface area contributed by atoms with Crippen LogP contribution in [0.2, 0.25) is 5.02 Å². The summed E-state index contributed by atoms with van der Waals surface area (Å²) < 4.78 is 49.4. The number of hydrogen-bond donors (Lipinski definition) is 2. The van der Waals surface area contributed by atoms with Crippen molar-refractivity contribution in [3.63, 3.8) is 0 Å². The van der Waals surface area contributed by atoms with Gasteiger partial charge in [0.1, 0.15) is 5.75 Å². The van der Waals surface area contributed by atoms with Crippen molar-refractivity contribution in [1.82, 2.24) is 9.88 Å². The molecule has 34 heavy (non-hydrogen) atoms. The van der Waals surface area contributed by atoms with E-state index in [4.69, 9.17) is 21.1 Å². The van der Waals surface area contributed by atoms with E-state index in [-0.39, 0.29) is 26.2 Å². The number of nitrogens with zero attached hydrogens (tertiary/aromatic N) is 2. The number of phenolic OH excluding ortho intramolecular Hbond substituents is 1. The number of alkyl halides is 3. The number of methoxy groups -OCH3 is 1. The number of nitrogens with one attached hydrogen (secondary N) is 1. The smallest absolute Gasteiger partial charge is 0.416 e. The number of amides is 1. The first-order chi connectivity index (χ1) is 16.1. The summed E-state index contributed by atoms with van der Waals surface area (Å²) in [5.74, 6) is -0.920. The third-order valence-electron chi connectivity index (χ3n) is 4.82. The summed E-state index contributed by atoms with van der Waals surface area (Å²) in [4.78, 5) is 18.9. The van der Waals surface area contributed by atoms with Crippen molar-refractivity contribution in [2.24, 2.45) is 0 Å². The quantitative estimate of drug-likeness (QED) is 0.367. The number of aromatic hydroxyl groups is 1. The zero-order chi connectivity index (χ0) is 24.9. The van der Waals surface area contributed by atoms with E-state index in [9.17, 15) is 23.1 Å². The molecule has 0 atom stereocenters. The molecule has 1 amide bonds. The minimum atomic E-state index is -4.48. The van der Waals surface area contributed by atoms with Crippen LogP contribution in [0.4, 0.5) is 18.3 Å². The Morgan fingerprint density at radius 3 is 2.71 bits per heavy atom. The number of thiazole rings is 1. The van der Waals surface area contributed by atoms with E-state index in [2.05, 4.69) is 10.3 Å². The maximum absolute atomic E-state index is 12.9. The minimum Gasteiger partial charge on any atom is -0.507 e. The van der Waals surface area contributed by atoms with Crippen LogP contribution < -0.4 is 5.32 Å². The maximum atomic E-state index is 12.9. The summed E-state index contributed by atoms with van der Waals surface area (Å²) in [7, 11) is 3.42.